The molecule has 23 heavy (non-hydrogen) atoms. The number of ether oxygens (including phenoxy) is 1. The van der Waals surface area contributed by atoms with Gasteiger partial charge < -0.3 is 20.7 Å². The van der Waals surface area contributed by atoms with E-state index in [4.69, 9.17) is 4.74 Å². The molecule has 1 amide bonds. The predicted molar refractivity (Wildman–Crippen MR) is 98.2 cm³/mol. The van der Waals surface area contributed by atoms with Crippen molar-refractivity contribution in [3.05, 3.63) is 0 Å². The minimum atomic E-state index is -0.356. The van der Waals surface area contributed by atoms with Crippen LogP contribution >= 0.6 is 11.8 Å². The average Bonchev–Trinajstić information content (AvgIpc) is 3.00. The predicted octanol–water partition coefficient (Wildman–Crippen LogP) is 2.21. The summed E-state index contributed by atoms with van der Waals surface area (Å²) in [4.78, 5) is 15.9. The summed E-state index contributed by atoms with van der Waals surface area (Å²) in [6.07, 6.45) is 3.12. The van der Waals surface area contributed by atoms with Gasteiger partial charge in [0.05, 0.1) is 6.61 Å². The second-order valence-corrected chi connectivity index (χ2v) is 7.57. The van der Waals surface area contributed by atoms with E-state index >= 15 is 0 Å². The third kappa shape index (κ3) is 8.93. The molecule has 1 rings (SSSR count). The van der Waals surface area contributed by atoms with Crippen LogP contribution in [0.1, 0.15) is 40.0 Å². The highest BCUT2D eigenvalue weighted by molar-refractivity contribution is 8.00. The van der Waals surface area contributed by atoms with Crippen molar-refractivity contribution in [3.8, 4) is 0 Å². The topological polar surface area (TPSA) is 74.8 Å². The molecule has 1 aliphatic heterocycles. The molecule has 0 aromatic rings. The molecule has 6 nitrogen and oxygen atoms in total. The van der Waals surface area contributed by atoms with Crippen molar-refractivity contribution in [2.45, 2.75) is 51.3 Å². The van der Waals surface area contributed by atoms with E-state index in [0.29, 0.717) is 24.3 Å². The highest BCUT2D eigenvalue weighted by Gasteiger charge is 2.17. The van der Waals surface area contributed by atoms with Crippen LogP contribution in [0.15, 0.2) is 4.99 Å². The SMILES string of the molecule is CCOC(=O)NC(CNC(=NC)NCC1CCCS1)CC(C)C. The van der Waals surface area contributed by atoms with Gasteiger partial charge in [-0.15, -0.1) is 0 Å². The number of alkyl carbamates (subject to hydrolysis) is 1. The van der Waals surface area contributed by atoms with Crippen molar-refractivity contribution in [1.29, 1.82) is 0 Å². The molecule has 0 saturated carbocycles. The van der Waals surface area contributed by atoms with Crippen LogP contribution in [0.5, 0.6) is 0 Å². The molecule has 3 N–H and O–H groups in total. The van der Waals surface area contributed by atoms with Crippen molar-refractivity contribution in [2.24, 2.45) is 10.9 Å². The lowest BCUT2D eigenvalue weighted by Gasteiger charge is -2.22. The number of hydrogen-bond acceptors (Lipinski definition) is 4. The summed E-state index contributed by atoms with van der Waals surface area (Å²) >= 11 is 2.02. The van der Waals surface area contributed by atoms with E-state index in [9.17, 15) is 4.79 Å². The van der Waals surface area contributed by atoms with Crippen LogP contribution in [0.3, 0.4) is 0 Å². The van der Waals surface area contributed by atoms with E-state index in [2.05, 4.69) is 34.8 Å². The van der Waals surface area contributed by atoms with Crippen LogP contribution in [0, 0.1) is 5.92 Å². The van der Waals surface area contributed by atoms with Crippen molar-refractivity contribution in [3.63, 3.8) is 0 Å². The Kier molecular flexibility index (Phi) is 9.91. The molecule has 0 aromatic carbocycles. The average molecular weight is 345 g/mol. The summed E-state index contributed by atoms with van der Waals surface area (Å²) in [5.41, 5.74) is 0. The van der Waals surface area contributed by atoms with Gasteiger partial charge in [0.25, 0.3) is 0 Å². The summed E-state index contributed by atoms with van der Waals surface area (Å²) < 4.78 is 4.98. The second-order valence-electron chi connectivity index (χ2n) is 6.16. The van der Waals surface area contributed by atoms with Crippen molar-refractivity contribution in [2.75, 3.05) is 32.5 Å². The summed E-state index contributed by atoms with van der Waals surface area (Å²) in [5, 5.41) is 10.3. The van der Waals surface area contributed by atoms with Crippen LogP contribution in [0.4, 0.5) is 4.79 Å². The van der Waals surface area contributed by atoms with E-state index < -0.39 is 0 Å². The van der Waals surface area contributed by atoms with Gasteiger partial charge in [0.1, 0.15) is 0 Å². The maximum Gasteiger partial charge on any atom is 0.407 e. The first-order valence-electron chi connectivity index (χ1n) is 8.54. The third-order valence-electron chi connectivity index (χ3n) is 3.61. The number of amides is 1. The monoisotopic (exact) mass is 344 g/mol. The van der Waals surface area contributed by atoms with E-state index in [1.807, 2.05) is 18.7 Å². The quantitative estimate of drug-likeness (QED) is 0.465. The van der Waals surface area contributed by atoms with Gasteiger partial charge in [-0.1, -0.05) is 13.8 Å². The number of aliphatic imine (C=N–C) groups is 1. The first kappa shape index (κ1) is 19.9. The van der Waals surface area contributed by atoms with Gasteiger partial charge in [-0.25, -0.2) is 4.79 Å². The standard InChI is InChI=1S/C16H32N4O2S/c1-5-22-16(21)20-13(9-12(2)3)10-18-15(17-4)19-11-14-7-6-8-23-14/h12-14H,5-11H2,1-4H3,(H,20,21)(H2,17,18,19). The number of thioether (sulfide) groups is 1. The Balaban J connectivity index is 2.38. The maximum absolute atomic E-state index is 11.6. The first-order chi connectivity index (χ1) is 11.0. The highest BCUT2D eigenvalue weighted by Crippen LogP contribution is 2.25. The normalized spacial score (nSPS) is 19.5. The summed E-state index contributed by atoms with van der Waals surface area (Å²) in [6, 6.07) is 0.0217. The highest BCUT2D eigenvalue weighted by atomic mass is 32.2. The minimum Gasteiger partial charge on any atom is -0.450 e. The van der Waals surface area contributed by atoms with Gasteiger partial charge in [-0.2, -0.15) is 11.8 Å². The molecule has 0 aromatic heterocycles. The summed E-state index contributed by atoms with van der Waals surface area (Å²) in [7, 11) is 1.77. The Morgan fingerprint density at radius 3 is 2.74 bits per heavy atom. The largest absolute Gasteiger partial charge is 0.450 e. The molecule has 2 unspecified atom stereocenters. The van der Waals surface area contributed by atoms with Gasteiger partial charge in [0.15, 0.2) is 5.96 Å². The lowest BCUT2D eigenvalue weighted by Crippen LogP contribution is -2.48. The maximum atomic E-state index is 11.6. The van der Waals surface area contributed by atoms with E-state index in [-0.39, 0.29) is 12.1 Å². The van der Waals surface area contributed by atoms with Gasteiger partial charge >= 0.3 is 6.09 Å². The zero-order valence-electron chi connectivity index (χ0n) is 14.9. The Morgan fingerprint density at radius 1 is 1.39 bits per heavy atom. The van der Waals surface area contributed by atoms with Gasteiger partial charge in [0.2, 0.25) is 0 Å². The molecular weight excluding hydrogens is 312 g/mol. The first-order valence-corrected chi connectivity index (χ1v) is 9.59. The number of rotatable bonds is 8. The Bertz CT molecular complexity index is 371. The molecule has 7 heteroatoms. The number of carbonyl (C=O) groups excluding carboxylic acids is 1. The Hall–Kier alpha value is -1.11. The number of nitrogens with one attached hydrogen (secondary N) is 3. The Morgan fingerprint density at radius 2 is 2.17 bits per heavy atom. The molecule has 0 spiro atoms. The molecule has 1 heterocycles. The van der Waals surface area contributed by atoms with Crippen molar-refractivity contribution in [1.82, 2.24) is 16.0 Å². The molecule has 0 aliphatic carbocycles. The number of carbonyl (C=O) groups is 1. The van der Waals surface area contributed by atoms with Crippen molar-refractivity contribution < 1.29 is 9.53 Å². The summed E-state index contributed by atoms with van der Waals surface area (Å²) in [5.74, 6) is 2.55. The fourth-order valence-corrected chi connectivity index (χ4v) is 3.76. The molecule has 1 saturated heterocycles. The molecule has 0 bridgehead atoms. The smallest absolute Gasteiger partial charge is 0.407 e. The molecule has 134 valence electrons. The fraction of sp³-hybridized carbons (Fsp3) is 0.875. The number of nitrogens with zero attached hydrogens (tertiary/aromatic N) is 1. The molecule has 1 aliphatic rings. The van der Waals surface area contributed by atoms with Crippen LogP contribution in [0.25, 0.3) is 0 Å². The van der Waals surface area contributed by atoms with E-state index in [0.717, 1.165) is 18.9 Å². The zero-order chi connectivity index (χ0) is 17.1. The lowest BCUT2D eigenvalue weighted by molar-refractivity contribution is 0.146. The van der Waals surface area contributed by atoms with Crippen LogP contribution < -0.4 is 16.0 Å². The van der Waals surface area contributed by atoms with E-state index in [1.54, 1.807) is 7.05 Å². The second kappa shape index (κ2) is 11.4. The van der Waals surface area contributed by atoms with Crippen LogP contribution in [0.2, 0.25) is 0 Å². The number of hydrogen-bond donors (Lipinski definition) is 3. The van der Waals surface area contributed by atoms with Crippen molar-refractivity contribution >= 4 is 23.8 Å². The zero-order valence-corrected chi connectivity index (χ0v) is 15.7. The van der Waals surface area contributed by atoms with Gasteiger partial charge in [0, 0.05) is 31.4 Å². The fourth-order valence-electron chi connectivity index (χ4n) is 2.56. The molecule has 1 fully saturated rings. The van der Waals surface area contributed by atoms with Crippen LogP contribution in [-0.4, -0.2) is 55.8 Å². The minimum absolute atomic E-state index is 0.0217. The summed E-state index contributed by atoms with van der Waals surface area (Å²) in [6.45, 7) is 8.05. The lowest BCUT2D eigenvalue weighted by atomic mass is 10.0. The molecule has 0 radical (unpaired) electrons. The Labute approximate surface area is 144 Å². The molecule has 2 atom stereocenters. The third-order valence-corrected chi connectivity index (χ3v) is 5.01. The van der Waals surface area contributed by atoms with E-state index in [1.165, 1.54) is 18.6 Å². The molecular formula is C16H32N4O2S. The van der Waals surface area contributed by atoms with Gasteiger partial charge in [-0.05, 0) is 37.9 Å². The number of guanidine groups is 1. The van der Waals surface area contributed by atoms with Gasteiger partial charge in [-0.3, -0.25) is 4.99 Å². The van der Waals surface area contributed by atoms with Crippen LogP contribution in [-0.2, 0) is 4.74 Å².